The van der Waals surface area contributed by atoms with Crippen molar-refractivity contribution in [2.75, 3.05) is 5.84 Å². The van der Waals surface area contributed by atoms with E-state index in [1.54, 1.807) is 12.3 Å². The molecular weight excluding hydrogens is 420 g/mol. The van der Waals surface area contributed by atoms with Gasteiger partial charge in [-0.2, -0.15) is 0 Å². The molecular formula is C19H24N8O3S. The molecule has 164 valence electrons. The van der Waals surface area contributed by atoms with Crippen LogP contribution >= 0.6 is 11.8 Å². The zero-order chi connectivity index (χ0) is 22.1. The van der Waals surface area contributed by atoms with Crippen molar-refractivity contribution in [3.05, 3.63) is 44.8 Å². The highest BCUT2D eigenvalue weighted by Gasteiger charge is 2.20. The van der Waals surface area contributed by atoms with Crippen molar-refractivity contribution in [1.82, 2.24) is 34.0 Å². The molecule has 4 aromatic rings. The number of thioether (sulfide) groups is 1. The number of hydrogen-bond donors (Lipinski definition) is 2. The predicted octanol–water partition coefficient (Wildman–Crippen LogP) is 1.87. The summed E-state index contributed by atoms with van der Waals surface area (Å²) in [4.78, 5) is 31.9. The van der Waals surface area contributed by atoms with E-state index in [2.05, 4.69) is 20.2 Å². The largest absolute Gasteiger partial charge is 0.469 e. The van der Waals surface area contributed by atoms with Crippen LogP contribution in [0, 0.1) is 6.92 Å². The molecule has 0 amide bonds. The fourth-order valence-corrected chi connectivity index (χ4v) is 4.30. The monoisotopic (exact) mass is 444 g/mol. The summed E-state index contributed by atoms with van der Waals surface area (Å²) in [6, 6.07) is 1.79. The summed E-state index contributed by atoms with van der Waals surface area (Å²) in [6.45, 7) is 6.84. The van der Waals surface area contributed by atoms with Crippen molar-refractivity contribution >= 4 is 22.9 Å². The number of aromatic nitrogens is 7. The highest BCUT2D eigenvalue weighted by molar-refractivity contribution is 7.98. The van der Waals surface area contributed by atoms with Gasteiger partial charge in [0.1, 0.15) is 11.6 Å². The summed E-state index contributed by atoms with van der Waals surface area (Å²) in [5.74, 6) is 8.47. The summed E-state index contributed by atoms with van der Waals surface area (Å²) in [6.07, 6.45) is 3.32. The first kappa shape index (κ1) is 21.0. The fourth-order valence-electron chi connectivity index (χ4n) is 3.50. The van der Waals surface area contributed by atoms with E-state index in [0.29, 0.717) is 52.6 Å². The molecule has 31 heavy (non-hydrogen) atoms. The first-order valence-electron chi connectivity index (χ1n) is 10.1. The van der Waals surface area contributed by atoms with E-state index in [1.165, 1.54) is 21.0 Å². The molecule has 4 aromatic heterocycles. The number of H-pyrrole nitrogens is 1. The second-order valence-electron chi connectivity index (χ2n) is 7.06. The van der Waals surface area contributed by atoms with Crippen LogP contribution in [0.4, 0.5) is 0 Å². The van der Waals surface area contributed by atoms with E-state index in [0.717, 1.165) is 18.4 Å². The number of aryl methyl sites for hydroxylation is 3. The maximum absolute atomic E-state index is 12.5. The van der Waals surface area contributed by atoms with Crippen LogP contribution in [0.1, 0.15) is 38.3 Å². The van der Waals surface area contributed by atoms with Crippen molar-refractivity contribution in [3.63, 3.8) is 0 Å². The average molecular weight is 445 g/mol. The fraction of sp³-hybridized carbons (Fsp3) is 0.421. The number of furan rings is 1. The molecule has 0 unspecified atom stereocenters. The van der Waals surface area contributed by atoms with E-state index in [4.69, 9.17) is 10.3 Å². The number of nitrogen functional groups attached to an aromatic ring is 1. The molecule has 0 saturated carbocycles. The number of imidazole rings is 1. The molecule has 0 saturated heterocycles. The molecule has 4 heterocycles. The molecule has 0 aromatic carbocycles. The van der Waals surface area contributed by atoms with Crippen molar-refractivity contribution in [3.8, 4) is 11.4 Å². The average Bonchev–Trinajstić information content (AvgIpc) is 3.43. The first-order chi connectivity index (χ1) is 15.0. The molecule has 0 aliphatic rings. The van der Waals surface area contributed by atoms with E-state index >= 15 is 0 Å². The van der Waals surface area contributed by atoms with Crippen LogP contribution in [0.2, 0.25) is 0 Å². The number of nitrogens with two attached hydrogens (primary N) is 1. The second-order valence-corrected chi connectivity index (χ2v) is 8.01. The maximum Gasteiger partial charge on any atom is 0.330 e. The van der Waals surface area contributed by atoms with Gasteiger partial charge < -0.3 is 14.8 Å². The molecule has 0 bridgehead atoms. The second kappa shape index (κ2) is 8.46. The number of unbranched alkanes of at least 4 members (excludes halogenated alkanes) is 1. The number of nitrogens with zero attached hydrogens (tertiary/aromatic N) is 6. The molecule has 0 fully saturated rings. The molecule has 0 aliphatic carbocycles. The Hall–Kier alpha value is -3.28. The number of fused-ring (bicyclic) bond motifs is 1. The first-order valence-corrected chi connectivity index (χ1v) is 11.0. The van der Waals surface area contributed by atoms with Crippen molar-refractivity contribution in [1.29, 1.82) is 0 Å². The Morgan fingerprint density at radius 2 is 2.03 bits per heavy atom. The third-order valence-corrected chi connectivity index (χ3v) is 6.05. The van der Waals surface area contributed by atoms with Crippen molar-refractivity contribution in [2.24, 2.45) is 0 Å². The van der Waals surface area contributed by atoms with Crippen LogP contribution < -0.4 is 17.1 Å². The quantitative estimate of drug-likeness (QED) is 0.310. The zero-order valence-electron chi connectivity index (χ0n) is 17.6. The van der Waals surface area contributed by atoms with Gasteiger partial charge in [-0.05, 0) is 26.3 Å². The van der Waals surface area contributed by atoms with E-state index in [1.807, 2.05) is 25.3 Å². The van der Waals surface area contributed by atoms with Gasteiger partial charge >= 0.3 is 5.69 Å². The molecule has 12 heteroatoms. The van der Waals surface area contributed by atoms with Gasteiger partial charge in [0.2, 0.25) is 5.16 Å². The van der Waals surface area contributed by atoms with E-state index < -0.39 is 11.2 Å². The van der Waals surface area contributed by atoms with Crippen LogP contribution in [0.3, 0.4) is 0 Å². The van der Waals surface area contributed by atoms with Crippen LogP contribution in [0.25, 0.3) is 22.6 Å². The topological polar surface area (TPSA) is 143 Å². The summed E-state index contributed by atoms with van der Waals surface area (Å²) >= 11 is 1.35. The minimum absolute atomic E-state index is 0.401. The van der Waals surface area contributed by atoms with Crippen LogP contribution in [0.5, 0.6) is 0 Å². The summed E-state index contributed by atoms with van der Waals surface area (Å²) in [7, 11) is 0. The molecule has 4 rings (SSSR count). The van der Waals surface area contributed by atoms with Crippen LogP contribution in [-0.4, -0.2) is 34.0 Å². The summed E-state index contributed by atoms with van der Waals surface area (Å²) in [5.41, 5.74) is 0.709. The third kappa shape index (κ3) is 3.67. The standard InChI is InChI=1S/C19H24N8O3S/c1-4-6-8-26-16-14(17(28)22-18(26)29)25(5-2)13(21-16)10-31-19-24-23-15(27(19)20)12-7-9-30-11(12)3/h7,9H,4-6,8,10,20H2,1-3H3,(H,22,28,29). The lowest BCUT2D eigenvalue weighted by Crippen LogP contribution is -2.31. The Balaban J connectivity index is 1.69. The Bertz CT molecular complexity index is 1340. The number of nitrogens with one attached hydrogen (secondary N) is 1. The van der Waals surface area contributed by atoms with Gasteiger partial charge in [-0.15, -0.1) is 10.2 Å². The van der Waals surface area contributed by atoms with Crippen LogP contribution in [0.15, 0.2) is 31.5 Å². The van der Waals surface area contributed by atoms with Gasteiger partial charge in [0, 0.05) is 13.1 Å². The Morgan fingerprint density at radius 3 is 2.71 bits per heavy atom. The van der Waals surface area contributed by atoms with Gasteiger partial charge in [-0.25, -0.2) is 14.5 Å². The van der Waals surface area contributed by atoms with E-state index in [-0.39, 0.29) is 0 Å². The molecule has 0 atom stereocenters. The molecule has 11 nitrogen and oxygen atoms in total. The zero-order valence-corrected chi connectivity index (χ0v) is 18.4. The molecule has 0 spiro atoms. The molecule has 0 radical (unpaired) electrons. The lowest BCUT2D eigenvalue weighted by atomic mass is 10.2. The summed E-state index contributed by atoms with van der Waals surface area (Å²) in [5, 5.41) is 8.85. The van der Waals surface area contributed by atoms with Crippen molar-refractivity contribution in [2.45, 2.75) is 57.6 Å². The Labute approximate surface area is 181 Å². The minimum Gasteiger partial charge on any atom is -0.469 e. The normalized spacial score (nSPS) is 11.6. The van der Waals surface area contributed by atoms with Gasteiger partial charge in [0.05, 0.1) is 17.6 Å². The highest BCUT2D eigenvalue weighted by atomic mass is 32.2. The van der Waals surface area contributed by atoms with Gasteiger partial charge in [0.15, 0.2) is 17.0 Å². The molecule has 3 N–H and O–H groups in total. The lowest BCUT2D eigenvalue weighted by molar-refractivity contribution is 0.535. The minimum atomic E-state index is -0.437. The number of rotatable bonds is 8. The Morgan fingerprint density at radius 1 is 1.23 bits per heavy atom. The Kier molecular flexibility index (Phi) is 5.72. The predicted molar refractivity (Wildman–Crippen MR) is 117 cm³/mol. The highest BCUT2D eigenvalue weighted by Crippen LogP contribution is 2.27. The van der Waals surface area contributed by atoms with Gasteiger partial charge in [-0.1, -0.05) is 25.1 Å². The van der Waals surface area contributed by atoms with Gasteiger partial charge in [0.25, 0.3) is 5.56 Å². The smallest absolute Gasteiger partial charge is 0.330 e. The number of hydrogen-bond acceptors (Lipinski definition) is 8. The maximum atomic E-state index is 12.5. The van der Waals surface area contributed by atoms with Gasteiger partial charge in [-0.3, -0.25) is 14.3 Å². The molecule has 0 aliphatic heterocycles. The lowest BCUT2D eigenvalue weighted by Gasteiger charge is -2.06. The van der Waals surface area contributed by atoms with Crippen LogP contribution in [-0.2, 0) is 18.8 Å². The SMILES string of the molecule is CCCCn1c(=O)[nH]c(=O)c2c1nc(CSc1nnc(-c3ccoc3C)n1N)n2CC. The van der Waals surface area contributed by atoms with Crippen molar-refractivity contribution < 1.29 is 4.42 Å². The van der Waals surface area contributed by atoms with E-state index in [9.17, 15) is 9.59 Å². The summed E-state index contributed by atoms with van der Waals surface area (Å²) < 4.78 is 10.1. The third-order valence-electron chi connectivity index (χ3n) is 5.11. The number of aromatic amines is 1.